The van der Waals surface area contributed by atoms with Crippen molar-refractivity contribution < 1.29 is 9.53 Å². The lowest BCUT2D eigenvalue weighted by atomic mass is 9.85. The van der Waals surface area contributed by atoms with Crippen LogP contribution in [0.1, 0.15) is 45.4 Å². The van der Waals surface area contributed by atoms with Crippen molar-refractivity contribution in [2.45, 2.75) is 51.5 Å². The van der Waals surface area contributed by atoms with Crippen LogP contribution in [0.3, 0.4) is 0 Å². The molecule has 27 heavy (non-hydrogen) atoms. The standard InChI is InChI=1S/C20H39N5O2/c1-5-21-19(22-12-13-25(14-15-27-4)17-8-9-17)23-16-20(10-6-7-11-20)18(26)24(2)3/h17H,5-16H2,1-4H3,(H2,21,22,23). The van der Waals surface area contributed by atoms with Gasteiger partial charge in [0, 0.05) is 53.4 Å². The molecule has 2 aliphatic carbocycles. The highest BCUT2D eigenvalue weighted by atomic mass is 16.5. The third-order valence-corrected chi connectivity index (χ3v) is 5.64. The normalized spacial score (nSPS) is 19.4. The molecule has 2 aliphatic rings. The Morgan fingerprint density at radius 1 is 1.19 bits per heavy atom. The Hall–Kier alpha value is -1.34. The van der Waals surface area contributed by atoms with Crippen molar-refractivity contribution >= 4 is 11.9 Å². The Morgan fingerprint density at radius 2 is 1.89 bits per heavy atom. The number of ether oxygens (including phenoxy) is 1. The maximum absolute atomic E-state index is 12.7. The van der Waals surface area contributed by atoms with E-state index in [1.807, 2.05) is 14.1 Å². The number of methoxy groups -OCH3 is 1. The molecular formula is C20H39N5O2. The lowest BCUT2D eigenvalue weighted by molar-refractivity contribution is -0.138. The van der Waals surface area contributed by atoms with Gasteiger partial charge in [-0.15, -0.1) is 0 Å². The molecule has 2 rings (SSSR count). The molecule has 2 fully saturated rings. The number of carbonyl (C=O) groups excluding carboxylic acids is 1. The fourth-order valence-corrected chi connectivity index (χ4v) is 3.98. The van der Waals surface area contributed by atoms with Gasteiger partial charge in [-0.25, -0.2) is 0 Å². The summed E-state index contributed by atoms with van der Waals surface area (Å²) >= 11 is 0. The van der Waals surface area contributed by atoms with Crippen LogP contribution in [-0.4, -0.2) is 88.2 Å². The summed E-state index contributed by atoms with van der Waals surface area (Å²) in [6, 6.07) is 0.723. The Labute approximate surface area is 164 Å². The summed E-state index contributed by atoms with van der Waals surface area (Å²) in [4.78, 5) is 21.7. The van der Waals surface area contributed by atoms with Crippen molar-refractivity contribution in [2.24, 2.45) is 10.4 Å². The van der Waals surface area contributed by atoms with E-state index in [0.717, 1.165) is 70.5 Å². The van der Waals surface area contributed by atoms with Crippen LogP contribution in [-0.2, 0) is 9.53 Å². The van der Waals surface area contributed by atoms with E-state index < -0.39 is 0 Å². The molecule has 0 saturated heterocycles. The molecule has 0 aromatic carbocycles. The lowest BCUT2D eigenvalue weighted by Gasteiger charge is -2.29. The molecule has 0 spiro atoms. The topological polar surface area (TPSA) is 69.2 Å². The maximum Gasteiger partial charge on any atom is 0.230 e. The average molecular weight is 382 g/mol. The molecule has 0 unspecified atom stereocenters. The van der Waals surface area contributed by atoms with Gasteiger partial charge >= 0.3 is 0 Å². The maximum atomic E-state index is 12.7. The van der Waals surface area contributed by atoms with Gasteiger partial charge in [0.2, 0.25) is 5.91 Å². The molecule has 0 heterocycles. The van der Waals surface area contributed by atoms with Gasteiger partial charge in [0.05, 0.1) is 18.6 Å². The zero-order valence-corrected chi connectivity index (χ0v) is 17.7. The van der Waals surface area contributed by atoms with E-state index >= 15 is 0 Å². The SMILES string of the molecule is CCNC(=NCC1(C(=O)N(C)C)CCCC1)NCCN(CCOC)C1CC1. The number of nitrogens with zero attached hydrogens (tertiary/aromatic N) is 3. The van der Waals surface area contributed by atoms with Crippen LogP contribution in [0, 0.1) is 5.41 Å². The molecule has 7 heteroatoms. The highest BCUT2D eigenvalue weighted by Gasteiger charge is 2.42. The van der Waals surface area contributed by atoms with Crippen molar-refractivity contribution in [3.05, 3.63) is 0 Å². The molecule has 0 bridgehead atoms. The Kier molecular flexibility index (Phi) is 8.83. The number of hydrogen-bond donors (Lipinski definition) is 2. The molecule has 156 valence electrons. The van der Waals surface area contributed by atoms with Crippen LogP contribution >= 0.6 is 0 Å². The first-order chi connectivity index (χ1) is 13.0. The summed E-state index contributed by atoms with van der Waals surface area (Å²) in [5.41, 5.74) is -0.315. The molecule has 0 atom stereocenters. The average Bonchev–Trinajstić information content (AvgIpc) is 3.39. The lowest BCUT2D eigenvalue weighted by Crippen LogP contribution is -2.45. The first-order valence-electron chi connectivity index (χ1n) is 10.5. The van der Waals surface area contributed by atoms with Crippen molar-refractivity contribution in [1.82, 2.24) is 20.4 Å². The fraction of sp³-hybridized carbons (Fsp3) is 0.900. The van der Waals surface area contributed by atoms with Gasteiger partial charge < -0.3 is 20.3 Å². The minimum atomic E-state index is -0.315. The first kappa shape index (κ1) is 22.0. The van der Waals surface area contributed by atoms with Gasteiger partial charge in [0.15, 0.2) is 5.96 Å². The van der Waals surface area contributed by atoms with Crippen molar-refractivity contribution in [1.29, 1.82) is 0 Å². The number of guanidine groups is 1. The minimum Gasteiger partial charge on any atom is -0.383 e. The largest absolute Gasteiger partial charge is 0.383 e. The second kappa shape index (κ2) is 10.9. The van der Waals surface area contributed by atoms with Gasteiger partial charge in [-0.2, -0.15) is 0 Å². The van der Waals surface area contributed by atoms with E-state index in [2.05, 4.69) is 22.5 Å². The predicted molar refractivity (Wildman–Crippen MR) is 110 cm³/mol. The van der Waals surface area contributed by atoms with Crippen LogP contribution in [0.5, 0.6) is 0 Å². The van der Waals surface area contributed by atoms with E-state index in [9.17, 15) is 4.79 Å². The zero-order valence-electron chi connectivity index (χ0n) is 17.7. The third kappa shape index (κ3) is 6.64. The van der Waals surface area contributed by atoms with Gasteiger partial charge in [0.25, 0.3) is 0 Å². The predicted octanol–water partition coefficient (Wildman–Crippen LogP) is 1.30. The number of amides is 1. The first-order valence-corrected chi connectivity index (χ1v) is 10.5. The third-order valence-electron chi connectivity index (χ3n) is 5.64. The molecule has 1 amide bonds. The van der Waals surface area contributed by atoms with Crippen molar-refractivity contribution in [2.75, 3.05) is 60.5 Å². The highest BCUT2D eigenvalue weighted by Crippen LogP contribution is 2.39. The molecular weight excluding hydrogens is 342 g/mol. The molecule has 2 saturated carbocycles. The number of nitrogens with one attached hydrogen (secondary N) is 2. The summed E-state index contributed by atoms with van der Waals surface area (Å²) in [5.74, 6) is 1.04. The Balaban J connectivity index is 1.89. The Bertz CT molecular complexity index is 485. The molecule has 7 nitrogen and oxygen atoms in total. The van der Waals surface area contributed by atoms with Crippen LogP contribution in [0.2, 0.25) is 0 Å². The summed E-state index contributed by atoms with van der Waals surface area (Å²) in [5, 5.41) is 6.78. The van der Waals surface area contributed by atoms with E-state index in [0.29, 0.717) is 6.54 Å². The molecule has 0 radical (unpaired) electrons. The molecule has 0 aromatic heterocycles. The van der Waals surface area contributed by atoms with Crippen LogP contribution < -0.4 is 10.6 Å². The summed E-state index contributed by atoms with van der Waals surface area (Å²) in [6.07, 6.45) is 6.72. The smallest absolute Gasteiger partial charge is 0.230 e. The molecule has 2 N–H and O–H groups in total. The van der Waals surface area contributed by atoms with Gasteiger partial charge in [-0.1, -0.05) is 12.8 Å². The summed E-state index contributed by atoms with van der Waals surface area (Å²) < 4.78 is 5.23. The van der Waals surface area contributed by atoms with Gasteiger partial charge in [0.1, 0.15) is 0 Å². The van der Waals surface area contributed by atoms with Crippen LogP contribution in [0.15, 0.2) is 4.99 Å². The Morgan fingerprint density at radius 3 is 2.44 bits per heavy atom. The number of carbonyl (C=O) groups is 1. The van der Waals surface area contributed by atoms with E-state index in [-0.39, 0.29) is 11.3 Å². The van der Waals surface area contributed by atoms with E-state index in [1.165, 1.54) is 12.8 Å². The van der Waals surface area contributed by atoms with Gasteiger partial charge in [-0.05, 0) is 32.6 Å². The quantitative estimate of drug-likeness (QED) is 0.417. The highest BCUT2D eigenvalue weighted by molar-refractivity contribution is 5.84. The monoisotopic (exact) mass is 381 g/mol. The summed E-state index contributed by atoms with van der Waals surface area (Å²) in [6.45, 7) is 7.05. The van der Waals surface area contributed by atoms with E-state index in [4.69, 9.17) is 9.73 Å². The number of rotatable bonds is 11. The fourth-order valence-electron chi connectivity index (χ4n) is 3.98. The number of aliphatic imine (C=N–C) groups is 1. The van der Waals surface area contributed by atoms with Crippen LogP contribution in [0.25, 0.3) is 0 Å². The van der Waals surface area contributed by atoms with Crippen molar-refractivity contribution in [3.63, 3.8) is 0 Å². The van der Waals surface area contributed by atoms with Crippen LogP contribution in [0.4, 0.5) is 0 Å². The minimum absolute atomic E-state index is 0.221. The second-order valence-corrected chi connectivity index (χ2v) is 8.07. The van der Waals surface area contributed by atoms with Gasteiger partial charge in [-0.3, -0.25) is 14.7 Å². The number of hydrogen-bond acceptors (Lipinski definition) is 4. The molecule has 0 aromatic rings. The molecule has 0 aliphatic heterocycles. The van der Waals surface area contributed by atoms with Crippen molar-refractivity contribution in [3.8, 4) is 0 Å². The van der Waals surface area contributed by atoms with E-state index in [1.54, 1.807) is 12.0 Å². The zero-order chi connectivity index (χ0) is 19.7. The second-order valence-electron chi connectivity index (χ2n) is 8.07. The summed E-state index contributed by atoms with van der Waals surface area (Å²) in [7, 11) is 5.46.